The third-order valence-corrected chi connectivity index (χ3v) is 4.55. The van der Waals surface area contributed by atoms with E-state index >= 15 is 0 Å². The summed E-state index contributed by atoms with van der Waals surface area (Å²) in [4.78, 5) is 16.7. The Kier molecular flexibility index (Phi) is 4.97. The summed E-state index contributed by atoms with van der Waals surface area (Å²) in [5.41, 5.74) is 3.47. The molecule has 0 atom stereocenters. The van der Waals surface area contributed by atoms with E-state index < -0.39 is 0 Å². The zero-order chi connectivity index (χ0) is 20.4. The number of aromatic nitrogens is 1. The molecule has 0 spiro atoms. The second-order valence-corrected chi connectivity index (χ2v) is 6.86. The van der Waals surface area contributed by atoms with Gasteiger partial charge in [-0.25, -0.2) is 4.98 Å². The lowest BCUT2D eigenvalue weighted by atomic mass is 10.1. The fourth-order valence-electron chi connectivity index (χ4n) is 2.93. The van der Waals surface area contributed by atoms with Crippen LogP contribution in [-0.4, -0.2) is 21.1 Å². The van der Waals surface area contributed by atoms with Crippen LogP contribution in [0.5, 0.6) is 5.75 Å². The van der Waals surface area contributed by atoms with E-state index in [9.17, 15) is 9.90 Å². The molecule has 3 aromatic carbocycles. The number of phenols is 1. The number of phenolic OH excluding ortho intramolecular Hbond substituents is 1. The second-order valence-electron chi connectivity index (χ2n) is 6.45. The summed E-state index contributed by atoms with van der Waals surface area (Å²) < 4.78 is 5.77. The number of fused-ring (bicyclic) bond motifs is 1. The maximum Gasteiger partial charge on any atom is 0.257 e. The molecule has 0 saturated carbocycles. The van der Waals surface area contributed by atoms with Crippen molar-refractivity contribution in [2.75, 3.05) is 5.32 Å². The number of nitrogens with one attached hydrogen (secondary N) is 2. The van der Waals surface area contributed by atoms with Crippen molar-refractivity contribution in [3.63, 3.8) is 0 Å². The molecule has 3 N–H and O–H groups in total. The van der Waals surface area contributed by atoms with Gasteiger partial charge in [-0.3, -0.25) is 10.1 Å². The van der Waals surface area contributed by atoms with Gasteiger partial charge in [-0.1, -0.05) is 30.3 Å². The van der Waals surface area contributed by atoms with Crippen LogP contribution in [-0.2, 0) is 0 Å². The topological polar surface area (TPSA) is 87.4 Å². The Morgan fingerprint density at radius 3 is 2.55 bits per heavy atom. The molecule has 1 aromatic heterocycles. The third kappa shape index (κ3) is 3.95. The monoisotopic (exact) mass is 403 g/mol. The molecule has 0 aliphatic rings. The molecular weight excluding hydrogens is 386 g/mol. The maximum absolute atomic E-state index is 12.3. The smallest absolute Gasteiger partial charge is 0.257 e. The highest BCUT2D eigenvalue weighted by Crippen LogP contribution is 2.36. The van der Waals surface area contributed by atoms with Gasteiger partial charge in [-0.2, -0.15) is 0 Å². The van der Waals surface area contributed by atoms with Crippen LogP contribution in [0, 0.1) is 6.92 Å². The summed E-state index contributed by atoms with van der Waals surface area (Å²) in [5.74, 6) is 0.0637. The number of aromatic hydroxyl groups is 1. The van der Waals surface area contributed by atoms with E-state index in [2.05, 4.69) is 15.6 Å². The van der Waals surface area contributed by atoms with Crippen LogP contribution >= 0.6 is 12.2 Å². The van der Waals surface area contributed by atoms with Gasteiger partial charge in [0.05, 0.1) is 5.56 Å². The van der Waals surface area contributed by atoms with Gasteiger partial charge in [0.25, 0.3) is 5.91 Å². The van der Waals surface area contributed by atoms with Crippen LogP contribution < -0.4 is 10.6 Å². The van der Waals surface area contributed by atoms with Crippen LogP contribution in [0.1, 0.15) is 15.9 Å². The molecule has 0 aliphatic heterocycles. The highest BCUT2D eigenvalue weighted by atomic mass is 32.1. The first kappa shape index (κ1) is 18.6. The van der Waals surface area contributed by atoms with E-state index in [-0.39, 0.29) is 16.8 Å². The molecule has 4 aromatic rings. The normalized spacial score (nSPS) is 10.7. The zero-order valence-electron chi connectivity index (χ0n) is 15.5. The highest BCUT2D eigenvalue weighted by Gasteiger charge is 2.16. The molecule has 6 nitrogen and oxygen atoms in total. The van der Waals surface area contributed by atoms with Crippen molar-refractivity contribution >= 4 is 40.0 Å². The van der Waals surface area contributed by atoms with E-state index in [4.69, 9.17) is 16.6 Å². The number of benzene rings is 3. The zero-order valence-corrected chi connectivity index (χ0v) is 16.3. The Balaban J connectivity index is 1.58. The van der Waals surface area contributed by atoms with Crippen LogP contribution in [0.3, 0.4) is 0 Å². The Hall–Kier alpha value is -3.71. The Morgan fingerprint density at radius 1 is 1.07 bits per heavy atom. The highest BCUT2D eigenvalue weighted by molar-refractivity contribution is 7.80. The summed E-state index contributed by atoms with van der Waals surface area (Å²) in [6.45, 7) is 1.76. The van der Waals surface area contributed by atoms with E-state index in [0.717, 1.165) is 0 Å². The SMILES string of the molecule is Cc1cc(NC(=S)NC(=O)c2ccccc2)cc(-c2nc3ccccc3o2)c1O. The van der Waals surface area contributed by atoms with Crippen LogP contribution in [0.15, 0.2) is 71.1 Å². The largest absolute Gasteiger partial charge is 0.507 e. The number of rotatable bonds is 3. The summed E-state index contributed by atoms with van der Waals surface area (Å²) >= 11 is 5.26. The quantitative estimate of drug-likeness (QED) is 0.341. The van der Waals surface area contributed by atoms with E-state index in [1.165, 1.54) is 0 Å². The van der Waals surface area contributed by atoms with Gasteiger partial charge >= 0.3 is 0 Å². The molecule has 1 heterocycles. The number of nitrogens with zero attached hydrogens (tertiary/aromatic N) is 1. The van der Waals surface area contributed by atoms with E-state index in [0.29, 0.717) is 39.4 Å². The van der Waals surface area contributed by atoms with Crippen molar-refractivity contribution in [1.29, 1.82) is 0 Å². The molecule has 0 saturated heterocycles. The van der Waals surface area contributed by atoms with Gasteiger partial charge in [0.15, 0.2) is 10.7 Å². The second kappa shape index (κ2) is 7.73. The Labute approximate surface area is 172 Å². The number of carbonyl (C=O) groups is 1. The number of oxazole rings is 1. The molecule has 0 unspecified atom stereocenters. The number of carbonyl (C=O) groups excluding carboxylic acids is 1. The number of anilines is 1. The molecule has 0 radical (unpaired) electrons. The number of hydrogen-bond acceptors (Lipinski definition) is 5. The van der Waals surface area contributed by atoms with Gasteiger partial charge in [-0.15, -0.1) is 0 Å². The molecule has 0 aliphatic carbocycles. The molecule has 7 heteroatoms. The van der Waals surface area contributed by atoms with Crippen molar-refractivity contribution in [2.24, 2.45) is 0 Å². The molecule has 29 heavy (non-hydrogen) atoms. The standard InChI is InChI=1S/C22H17N3O3S/c1-13-11-15(23-22(29)25-20(27)14-7-3-2-4-8-14)12-16(19(13)26)21-24-17-9-5-6-10-18(17)28-21/h2-12,26H,1H3,(H2,23,25,27,29). The van der Waals surface area contributed by atoms with Gasteiger partial charge in [0.1, 0.15) is 11.3 Å². The van der Waals surface area contributed by atoms with Crippen molar-refractivity contribution < 1.29 is 14.3 Å². The molecule has 0 fully saturated rings. The fraction of sp³-hybridized carbons (Fsp3) is 0.0455. The Morgan fingerprint density at radius 2 is 1.79 bits per heavy atom. The average molecular weight is 403 g/mol. The molecule has 144 valence electrons. The van der Waals surface area contributed by atoms with E-state index in [1.54, 1.807) is 43.3 Å². The number of hydrogen-bond donors (Lipinski definition) is 3. The van der Waals surface area contributed by atoms with Crippen LogP contribution in [0.4, 0.5) is 5.69 Å². The third-order valence-electron chi connectivity index (χ3n) is 4.35. The minimum atomic E-state index is -0.308. The fourth-order valence-corrected chi connectivity index (χ4v) is 3.14. The summed E-state index contributed by atoms with van der Waals surface area (Å²) in [7, 11) is 0. The van der Waals surface area contributed by atoms with Gasteiger partial charge < -0.3 is 14.8 Å². The predicted molar refractivity (Wildman–Crippen MR) is 116 cm³/mol. The number of aryl methyl sites for hydroxylation is 1. The van der Waals surface area contributed by atoms with Crippen molar-refractivity contribution in [2.45, 2.75) is 6.92 Å². The predicted octanol–water partition coefficient (Wildman–Crippen LogP) is 4.64. The van der Waals surface area contributed by atoms with Crippen molar-refractivity contribution in [1.82, 2.24) is 10.3 Å². The lowest BCUT2D eigenvalue weighted by Crippen LogP contribution is -2.34. The lowest BCUT2D eigenvalue weighted by molar-refractivity contribution is 0.0977. The minimum Gasteiger partial charge on any atom is -0.507 e. The minimum absolute atomic E-state index is 0.0707. The summed E-state index contributed by atoms with van der Waals surface area (Å²) in [5, 5.41) is 16.3. The maximum atomic E-state index is 12.3. The number of amides is 1. The Bertz CT molecular complexity index is 1190. The average Bonchev–Trinajstić information content (AvgIpc) is 3.15. The van der Waals surface area contributed by atoms with Crippen molar-refractivity contribution in [3.05, 3.63) is 77.9 Å². The first-order chi connectivity index (χ1) is 14.0. The number of para-hydroxylation sites is 2. The summed E-state index contributed by atoms with van der Waals surface area (Å²) in [6.07, 6.45) is 0. The summed E-state index contributed by atoms with van der Waals surface area (Å²) in [6, 6.07) is 19.6. The van der Waals surface area contributed by atoms with Crippen LogP contribution in [0.2, 0.25) is 0 Å². The van der Waals surface area contributed by atoms with Gasteiger partial charge in [0.2, 0.25) is 5.89 Å². The lowest BCUT2D eigenvalue weighted by Gasteiger charge is -2.12. The first-order valence-electron chi connectivity index (χ1n) is 8.88. The van der Waals surface area contributed by atoms with Gasteiger partial charge in [0, 0.05) is 11.3 Å². The van der Waals surface area contributed by atoms with Gasteiger partial charge in [-0.05, 0) is 61.1 Å². The van der Waals surface area contributed by atoms with E-state index in [1.807, 2.05) is 30.3 Å². The van der Waals surface area contributed by atoms with Crippen LogP contribution in [0.25, 0.3) is 22.6 Å². The molecule has 4 rings (SSSR count). The van der Waals surface area contributed by atoms with Crippen molar-refractivity contribution in [3.8, 4) is 17.2 Å². The first-order valence-corrected chi connectivity index (χ1v) is 9.29. The molecular formula is C22H17N3O3S. The number of thiocarbonyl (C=S) groups is 1. The molecule has 1 amide bonds. The molecule has 0 bridgehead atoms.